The standard InChI is InChI=1S/C43H47ClN6O5/c1-26-8-17-35(37(52)46-26)50-38(53)32-16-14-30(23-33(32)39(50)54)49-21-19-48(20-22-49)18-6-7-27-9-11-28(12-10-27)36(51)47-40-42(2,3)41(43(40,4)5)55-31-15-13-29(25-45)34(44)24-31/h9-16,23-24,35,40-41H,1,6-8,17-22H2,2-5H3,(H,46,52)(H,47,51). The van der Waals surface area contributed by atoms with Crippen molar-refractivity contribution in [2.45, 2.75) is 71.6 Å². The van der Waals surface area contributed by atoms with Crippen molar-refractivity contribution in [3.05, 3.63) is 106 Å². The molecule has 4 aliphatic rings. The zero-order valence-electron chi connectivity index (χ0n) is 31.8. The number of carbonyl (C=O) groups excluding carboxylic acids is 4. The van der Waals surface area contributed by atoms with Gasteiger partial charge in [-0.3, -0.25) is 29.0 Å². The number of imide groups is 1. The quantitative estimate of drug-likeness (QED) is 0.242. The molecule has 1 unspecified atom stereocenters. The normalized spacial score (nSPS) is 23.1. The summed E-state index contributed by atoms with van der Waals surface area (Å²) in [6, 6.07) is 19.4. The number of anilines is 1. The Morgan fingerprint density at radius 2 is 1.65 bits per heavy atom. The lowest BCUT2D eigenvalue weighted by Gasteiger charge is -2.63. The van der Waals surface area contributed by atoms with E-state index in [1.807, 2.05) is 30.3 Å². The molecule has 0 bridgehead atoms. The molecule has 11 nitrogen and oxygen atoms in total. The molecule has 3 heterocycles. The lowest BCUT2D eigenvalue weighted by Crippen LogP contribution is -2.74. The predicted octanol–water partition coefficient (Wildman–Crippen LogP) is 5.97. The molecule has 0 aromatic heterocycles. The molecule has 286 valence electrons. The Bertz CT molecular complexity index is 2080. The molecule has 3 aromatic rings. The van der Waals surface area contributed by atoms with E-state index in [1.54, 1.807) is 30.3 Å². The first-order valence-electron chi connectivity index (χ1n) is 18.9. The third-order valence-electron chi connectivity index (χ3n) is 11.9. The van der Waals surface area contributed by atoms with Crippen molar-refractivity contribution in [1.82, 2.24) is 20.4 Å². The van der Waals surface area contributed by atoms with E-state index in [-0.39, 0.29) is 34.8 Å². The third-order valence-corrected chi connectivity index (χ3v) is 12.2. The van der Waals surface area contributed by atoms with Crippen LogP contribution in [0.25, 0.3) is 0 Å². The Morgan fingerprint density at radius 3 is 2.31 bits per heavy atom. The SMILES string of the molecule is C=C1CCC(N2C(=O)c3ccc(N4CCN(CCCc5ccc(C(=O)NC6C(C)(C)C(Oc7ccc(C#N)c(Cl)c7)C6(C)C)cc5)CC4)cc3C2=O)C(=O)N1. The van der Waals surface area contributed by atoms with Crippen LogP contribution in [0.15, 0.2) is 72.9 Å². The fraction of sp³-hybridized carbons (Fsp3) is 0.419. The smallest absolute Gasteiger partial charge is 0.262 e. The van der Waals surface area contributed by atoms with Crippen LogP contribution in [-0.2, 0) is 11.2 Å². The minimum Gasteiger partial charge on any atom is -0.489 e. The first-order valence-corrected chi connectivity index (χ1v) is 19.3. The van der Waals surface area contributed by atoms with Crippen LogP contribution in [0, 0.1) is 22.2 Å². The maximum Gasteiger partial charge on any atom is 0.262 e. The molecule has 55 heavy (non-hydrogen) atoms. The number of fused-ring (bicyclic) bond motifs is 1. The number of benzene rings is 3. The van der Waals surface area contributed by atoms with Gasteiger partial charge in [0.25, 0.3) is 17.7 Å². The lowest BCUT2D eigenvalue weighted by atomic mass is 9.49. The van der Waals surface area contributed by atoms with Crippen molar-refractivity contribution in [2.75, 3.05) is 37.6 Å². The van der Waals surface area contributed by atoms with Gasteiger partial charge in [-0.2, -0.15) is 5.26 Å². The number of piperidine rings is 1. The summed E-state index contributed by atoms with van der Waals surface area (Å²) >= 11 is 6.24. The van der Waals surface area contributed by atoms with E-state index >= 15 is 0 Å². The minimum atomic E-state index is -0.821. The summed E-state index contributed by atoms with van der Waals surface area (Å²) in [6.07, 6.45) is 2.61. The second-order valence-electron chi connectivity index (χ2n) is 16.3. The molecule has 3 aromatic carbocycles. The van der Waals surface area contributed by atoms with Gasteiger partial charge >= 0.3 is 0 Å². The highest BCUT2D eigenvalue weighted by Gasteiger charge is 2.64. The van der Waals surface area contributed by atoms with Gasteiger partial charge in [0.15, 0.2) is 0 Å². The molecule has 1 aliphatic carbocycles. The van der Waals surface area contributed by atoms with Crippen LogP contribution in [0.4, 0.5) is 5.69 Å². The first kappa shape index (κ1) is 38.1. The summed E-state index contributed by atoms with van der Waals surface area (Å²) in [5.41, 5.74) is 3.70. The van der Waals surface area contributed by atoms with Crippen molar-refractivity contribution in [3.8, 4) is 11.8 Å². The van der Waals surface area contributed by atoms with Gasteiger partial charge in [-0.25, -0.2) is 0 Å². The summed E-state index contributed by atoms with van der Waals surface area (Å²) in [4.78, 5) is 58.2. The number of halogens is 1. The summed E-state index contributed by atoms with van der Waals surface area (Å²) in [5.74, 6) is -0.721. The van der Waals surface area contributed by atoms with Crippen LogP contribution in [-0.4, -0.2) is 84.3 Å². The maximum atomic E-state index is 13.4. The van der Waals surface area contributed by atoms with Crippen molar-refractivity contribution < 1.29 is 23.9 Å². The number of hydrogen-bond donors (Lipinski definition) is 2. The van der Waals surface area contributed by atoms with Crippen LogP contribution < -0.4 is 20.3 Å². The number of nitriles is 1. The monoisotopic (exact) mass is 762 g/mol. The number of nitrogens with one attached hydrogen (secondary N) is 2. The molecule has 4 amide bonds. The van der Waals surface area contributed by atoms with E-state index in [0.29, 0.717) is 51.6 Å². The van der Waals surface area contributed by atoms with Crippen molar-refractivity contribution in [3.63, 3.8) is 0 Å². The Balaban J connectivity index is 0.864. The number of piperazine rings is 1. The zero-order chi connectivity index (χ0) is 39.2. The molecule has 7 rings (SSSR count). The first-order chi connectivity index (χ1) is 26.2. The summed E-state index contributed by atoms with van der Waals surface area (Å²) in [5, 5.41) is 15.5. The molecule has 2 saturated heterocycles. The number of hydrogen-bond acceptors (Lipinski definition) is 8. The number of aryl methyl sites for hydroxylation is 1. The van der Waals surface area contributed by atoms with Crippen molar-refractivity contribution in [2.24, 2.45) is 10.8 Å². The van der Waals surface area contributed by atoms with Crippen molar-refractivity contribution >= 4 is 40.9 Å². The third kappa shape index (κ3) is 7.21. The maximum absolute atomic E-state index is 13.4. The van der Waals surface area contributed by atoms with Gasteiger partial charge < -0.3 is 20.3 Å². The number of nitrogens with zero attached hydrogens (tertiary/aromatic N) is 4. The molecule has 1 atom stereocenters. The molecule has 3 aliphatic heterocycles. The number of carbonyl (C=O) groups is 4. The van der Waals surface area contributed by atoms with Gasteiger partial charge in [0.05, 0.1) is 21.7 Å². The van der Waals surface area contributed by atoms with Gasteiger partial charge in [0, 0.05) is 66.1 Å². The molecule has 0 spiro atoms. The van der Waals surface area contributed by atoms with Crippen LogP contribution in [0.3, 0.4) is 0 Å². The fourth-order valence-corrected chi connectivity index (χ4v) is 9.32. The minimum absolute atomic E-state index is 0.115. The van der Waals surface area contributed by atoms with Gasteiger partial charge in [0.2, 0.25) is 5.91 Å². The number of ether oxygens (including phenoxy) is 1. The van der Waals surface area contributed by atoms with Gasteiger partial charge in [0.1, 0.15) is 24.0 Å². The number of rotatable bonds is 10. The molecular formula is C43H47ClN6O5. The van der Waals surface area contributed by atoms with E-state index in [2.05, 4.69) is 60.8 Å². The van der Waals surface area contributed by atoms with E-state index in [4.69, 9.17) is 16.3 Å². The second-order valence-corrected chi connectivity index (χ2v) is 16.7. The topological polar surface area (TPSA) is 135 Å². The summed E-state index contributed by atoms with van der Waals surface area (Å²) < 4.78 is 6.36. The van der Waals surface area contributed by atoms with Gasteiger partial charge in [-0.05, 0) is 80.3 Å². The fourth-order valence-electron chi connectivity index (χ4n) is 9.11. The predicted molar refractivity (Wildman–Crippen MR) is 210 cm³/mol. The van der Waals surface area contributed by atoms with E-state index < -0.39 is 17.9 Å². The van der Waals surface area contributed by atoms with Crippen LogP contribution in [0.2, 0.25) is 5.02 Å². The Kier molecular flexibility index (Phi) is 10.3. The lowest BCUT2D eigenvalue weighted by molar-refractivity contribution is -0.164. The highest BCUT2D eigenvalue weighted by molar-refractivity contribution is 6.31. The Hall–Kier alpha value is -5.18. The molecule has 12 heteroatoms. The zero-order valence-corrected chi connectivity index (χ0v) is 32.5. The van der Waals surface area contributed by atoms with Crippen LogP contribution in [0.5, 0.6) is 5.75 Å². The molecular weight excluding hydrogens is 716 g/mol. The average Bonchev–Trinajstić information content (AvgIpc) is 3.41. The molecule has 0 radical (unpaired) electrons. The number of amides is 4. The van der Waals surface area contributed by atoms with E-state index in [0.717, 1.165) is 56.2 Å². The molecule has 2 N–H and O–H groups in total. The summed E-state index contributed by atoms with van der Waals surface area (Å²) in [7, 11) is 0. The van der Waals surface area contributed by atoms with Gasteiger partial charge in [-0.15, -0.1) is 0 Å². The summed E-state index contributed by atoms with van der Waals surface area (Å²) in [6.45, 7) is 16.4. The average molecular weight is 763 g/mol. The molecule has 3 fully saturated rings. The van der Waals surface area contributed by atoms with E-state index in [1.165, 1.54) is 5.56 Å². The molecule has 1 saturated carbocycles. The van der Waals surface area contributed by atoms with Gasteiger partial charge in [-0.1, -0.05) is 58.0 Å². The van der Waals surface area contributed by atoms with E-state index in [9.17, 15) is 24.4 Å². The second kappa shape index (κ2) is 14.8. The van der Waals surface area contributed by atoms with Crippen LogP contribution in [0.1, 0.15) is 89.2 Å². The Labute approximate surface area is 327 Å². The largest absolute Gasteiger partial charge is 0.489 e. The highest BCUT2D eigenvalue weighted by Crippen LogP contribution is 2.55. The Morgan fingerprint density at radius 1 is 0.964 bits per heavy atom. The number of allylic oxidation sites excluding steroid dienone is 1. The van der Waals surface area contributed by atoms with Crippen molar-refractivity contribution in [1.29, 1.82) is 5.26 Å². The van der Waals surface area contributed by atoms with Crippen LogP contribution >= 0.6 is 11.6 Å². The highest BCUT2D eigenvalue weighted by atomic mass is 35.5.